The highest BCUT2D eigenvalue weighted by Gasteiger charge is 2.13. The van der Waals surface area contributed by atoms with Gasteiger partial charge in [0, 0.05) is 11.1 Å². The maximum absolute atomic E-state index is 4.69. The molecule has 2 aromatic carbocycles. The van der Waals surface area contributed by atoms with Crippen LogP contribution in [-0.4, -0.2) is 15.2 Å². The second kappa shape index (κ2) is 6.67. The molecule has 3 aromatic rings. The Hall–Kier alpha value is -2.94. The lowest BCUT2D eigenvalue weighted by Crippen LogP contribution is -1.90. The van der Waals surface area contributed by atoms with Crippen molar-refractivity contribution >= 4 is 16.3 Å². The number of aromatic nitrogens is 3. The molecule has 0 radical (unpaired) electrons. The Balaban J connectivity index is 2.06. The molecule has 0 amide bonds. The lowest BCUT2D eigenvalue weighted by molar-refractivity contribution is 1.07. The summed E-state index contributed by atoms with van der Waals surface area (Å²) in [5.41, 5.74) is 4.14. The summed E-state index contributed by atoms with van der Waals surface area (Å²) < 4.78 is 0. The Morgan fingerprint density at radius 1 is 1.17 bits per heavy atom. The van der Waals surface area contributed by atoms with Gasteiger partial charge in [0.25, 0.3) is 0 Å². The number of hydrogen-bond donors (Lipinski definition) is 1. The standard InChI is InChI=1S/C21H21N3/c1-5-6-9-14(2)16(4)20-22-21(24-23-20)19-15(3)12-13-17-10-7-8-11-18(17)19/h5-13H,4H2,1-3H3,(H,22,23,24)/b6-5-,14-9-. The van der Waals surface area contributed by atoms with Crippen molar-refractivity contribution in [3.8, 4) is 11.4 Å². The van der Waals surface area contributed by atoms with Crippen molar-refractivity contribution in [3.05, 3.63) is 78.2 Å². The van der Waals surface area contributed by atoms with E-state index in [1.165, 1.54) is 16.3 Å². The summed E-state index contributed by atoms with van der Waals surface area (Å²) in [5.74, 6) is 1.41. The van der Waals surface area contributed by atoms with E-state index in [1.54, 1.807) is 0 Å². The van der Waals surface area contributed by atoms with Crippen LogP contribution in [-0.2, 0) is 0 Å². The molecule has 0 unspecified atom stereocenters. The van der Waals surface area contributed by atoms with Crippen LogP contribution in [0.15, 0.2) is 66.8 Å². The third kappa shape index (κ3) is 2.93. The molecule has 0 spiro atoms. The van der Waals surface area contributed by atoms with Crippen LogP contribution in [0.2, 0.25) is 0 Å². The van der Waals surface area contributed by atoms with E-state index in [0.29, 0.717) is 5.82 Å². The maximum Gasteiger partial charge on any atom is 0.181 e. The van der Waals surface area contributed by atoms with Gasteiger partial charge in [0.15, 0.2) is 11.6 Å². The van der Waals surface area contributed by atoms with Crippen molar-refractivity contribution in [2.45, 2.75) is 20.8 Å². The number of benzene rings is 2. The maximum atomic E-state index is 4.69. The first-order valence-corrected chi connectivity index (χ1v) is 8.02. The number of aromatic amines is 1. The van der Waals surface area contributed by atoms with E-state index in [9.17, 15) is 0 Å². The molecule has 0 aliphatic carbocycles. The van der Waals surface area contributed by atoms with Crippen molar-refractivity contribution in [1.82, 2.24) is 15.2 Å². The number of H-pyrrole nitrogens is 1. The van der Waals surface area contributed by atoms with E-state index in [2.05, 4.69) is 52.9 Å². The third-order valence-electron chi connectivity index (χ3n) is 4.14. The average molecular weight is 315 g/mol. The fourth-order valence-electron chi connectivity index (χ4n) is 2.72. The minimum atomic E-state index is 0.635. The molecule has 0 bridgehead atoms. The summed E-state index contributed by atoms with van der Waals surface area (Å²) in [4.78, 5) is 4.69. The van der Waals surface area contributed by atoms with Gasteiger partial charge < -0.3 is 0 Å². The molecule has 1 N–H and O–H groups in total. The molecule has 0 aliphatic rings. The van der Waals surface area contributed by atoms with E-state index in [-0.39, 0.29) is 0 Å². The molecule has 3 rings (SSSR count). The second-order valence-electron chi connectivity index (χ2n) is 5.84. The van der Waals surface area contributed by atoms with Crippen LogP contribution >= 0.6 is 0 Å². The molecule has 3 heteroatoms. The van der Waals surface area contributed by atoms with Crippen molar-refractivity contribution in [2.75, 3.05) is 0 Å². The normalized spacial score (nSPS) is 12.2. The van der Waals surface area contributed by atoms with E-state index >= 15 is 0 Å². The average Bonchev–Trinajstić information content (AvgIpc) is 3.08. The number of hydrogen-bond acceptors (Lipinski definition) is 2. The fraction of sp³-hybridized carbons (Fsp3) is 0.143. The van der Waals surface area contributed by atoms with Crippen LogP contribution in [0.1, 0.15) is 25.2 Å². The number of nitrogens with zero attached hydrogens (tertiary/aromatic N) is 2. The molecule has 0 aliphatic heterocycles. The largest absolute Gasteiger partial charge is 0.259 e. The van der Waals surface area contributed by atoms with Gasteiger partial charge in [0.2, 0.25) is 0 Å². The molecule has 1 aromatic heterocycles. The number of aryl methyl sites for hydroxylation is 1. The summed E-state index contributed by atoms with van der Waals surface area (Å²) in [6.07, 6.45) is 5.99. The fourth-order valence-corrected chi connectivity index (χ4v) is 2.72. The quantitative estimate of drug-likeness (QED) is 0.649. The van der Waals surface area contributed by atoms with E-state index in [1.807, 2.05) is 44.2 Å². The number of rotatable bonds is 4. The lowest BCUT2D eigenvalue weighted by Gasteiger charge is -2.07. The lowest BCUT2D eigenvalue weighted by atomic mass is 9.99. The zero-order chi connectivity index (χ0) is 17.1. The van der Waals surface area contributed by atoms with Crippen LogP contribution in [0.25, 0.3) is 27.7 Å². The molecule has 0 saturated carbocycles. The first-order valence-electron chi connectivity index (χ1n) is 8.02. The molecule has 1 heterocycles. The summed E-state index contributed by atoms with van der Waals surface area (Å²) in [7, 11) is 0. The third-order valence-corrected chi connectivity index (χ3v) is 4.14. The van der Waals surface area contributed by atoms with Gasteiger partial charge in [0.1, 0.15) is 0 Å². The van der Waals surface area contributed by atoms with Gasteiger partial charge in [-0.3, -0.25) is 5.10 Å². The van der Waals surface area contributed by atoms with E-state index < -0.39 is 0 Å². The zero-order valence-electron chi connectivity index (χ0n) is 14.3. The van der Waals surface area contributed by atoms with Gasteiger partial charge in [-0.15, -0.1) is 0 Å². The zero-order valence-corrected chi connectivity index (χ0v) is 14.3. The molecule has 24 heavy (non-hydrogen) atoms. The predicted molar refractivity (Wildman–Crippen MR) is 102 cm³/mol. The van der Waals surface area contributed by atoms with Crippen LogP contribution in [0, 0.1) is 6.92 Å². The summed E-state index contributed by atoms with van der Waals surface area (Å²) in [6.45, 7) is 10.2. The molecular formula is C21H21N3. The van der Waals surface area contributed by atoms with Crippen molar-refractivity contribution < 1.29 is 0 Å². The van der Waals surface area contributed by atoms with Gasteiger partial charge in [-0.2, -0.15) is 5.10 Å². The minimum Gasteiger partial charge on any atom is -0.259 e. The van der Waals surface area contributed by atoms with Gasteiger partial charge in [-0.25, -0.2) is 4.98 Å². The highest BCUT2D eigenvalue weighted by Crippen LogP contribution is 2.30. The topological polar surface area (TPSA) is 41.6 Å². The Morgan fingerprint density at radius 3 is 2.75 bits per heavy atom. The van der Waals surface area contributed by atoms with Crippen LogP contribution in [0.5, 0.6) is 0 Å². The van der Waals surface area contributed by atoms with Crippen LogP contribution < -0.4 is 0 Å². The van der Waals surface area contributed by atoms with Crippen molar-refractivity contribution in [2.24, 2.45) is 0 Å². The summed E-state index contributed by atoms with van der Waals surface area (Å²) in [6, 6.07) is 12.6. The smallest absolute Gasteiger partial charge is 0.181 e. The Bertz CT molecular complexity index is 958. The van der Waals surface area contributed by atoms with Gasteiger partial charge >= 0.3 is 0 Å². The summed E-state index contributed by atoms with van der Waals surface area (Å²) >= 11 is 0. The molecule has 120 valence electrons. The van der Waals surface area contributed by atoms with Gasteiger partial charge in [0.05, 0.1) is 0 Å². The summed E-state index contributed by atoms with van der Waals surface area (Å²) in [5, 5.41) is 9.82. The number of fused-ring (bicyclic) bond motifs is 1. The van der Waals surface area contributed by atoms with Crippen LogP contribution in [0.3, 0.4) is 0 Å². The van der Waals surface area contributed by atoms with E-state index in [4.69, 9.17) is 0 Å². The van der Waals surface area contributed by atoms with Gasteiger partial charge in [-0.1, -0.05) is 61.2 Å². The molecular weight excluding hydrogens is 294 g/mol. The Labute approximate surface area is 142 Å². The van der Waals surface area contributed by atoms with Gasteiger partial charge in [-0.05, 0) is 42.7 Å². The Morgan fingerprint density at radius 2 is 1.96 bits per heavy atom. The SMILES string of the molecule is C=C(/C(C)=C\C=C/C)c1n[nH]c(-c2c(C)ccc3ccccc23)n1. The molecule has 0 saturated heterocycles. The monoisotopic (exact) mass is 315 g/mol. The van der Waals surface area contributed by atoms with E-state index in [0.717, 1.165) is 22.5 Å². The van der Waals surface area contributed by atoms with Crippen molar-refractivity contribution in [1.29, 1.82) is 0 Å². The van der Waals surface area contributed by atoms with Crippen LogP contribution in [0.4, 0.5) is 0 Å². The Kier molecular flexibility index (Phi) is 4.43. The number of allylic oxidation sites excluding steroid dienone is 5. The first-order chi connectivity index (χ1) is 11.6. The predicted octanol–water partition coefficient (Wildman–Crippen LogP) is 5.47. The van der Waals surface area contributed by atoms with Crippen molar-refractivity contribution in [3.63, 3.8) is 0 Å². The molecule has 0 fully saturated rings. The second-order valence-corrected chi connectivity index (χ2v) is 5.84. The highest BCUT2D eigenvalue weighted by atomic mass is 15.2. The highest BCUT2D eigenvalue weighted by molar-refractivity contribution is 5.96. The first kappa shape index (κ1) is 15.9. The number of nitrogens with one attached hydrogen (secondary N) is 1. The molecule has 0 atom stereocenters. The minimum absolute atomic E-state index is 0.635. The molecule has 3 nitrogen and oxygen atoms in total.